The number of phenols is 2. The summed E-state index contributed by atoms with van der Waals surface area (Å²) in [6, 6.07) is 10.1. The normalized spacial score (nSPS) is 11.5. The van der Waals surface area contributed by atoms with Crippen LogP contribution < -0.4 is 21.7 Å². The summed E-state index contributed by atoms with van der Waals surface area (Å²) in [6.45, 7) is 6.34. The fraction of sp³-hybridized carbons (Fsp3) is 0.600. The van der Waals surface area contributed by atoms with Gasteiger partial charge in [0, 0.05) is 12.3 Å². The zero-order chi connectivity index (χ0) is 36.6. The molecule has 1 unspecified atom stereocenters. The molecule has 0 aliphatic rings. The van der Waals surface area contributed by atoms with Crippen LogP contribution in [0, 0.1) is 5.92 Å². The van der Waals surface area contributed by atoms with Crippen LogP contribution in [-0.4, -0.2) is 33.8 Å². The van der Waals surface area contributed by atoms with Crippen molar-refractivity contribution >= 4 is 23.6 Å². The van der Waals surface area contributed by atoms with Crippen LogP contribution in [0.4, 0.5) is 0 Å². The van der Waals surface area contributed by atoms with Crippen molar-refractivity contribution in [1.29, 1.82) is 0 Å². The number of aryl methyl sites for hydroxylation is 2. The summed E-state index contributed by atoms with van der Waals surface area (Å²) in [5.74, 6) is -2.09. The Balaban J connectivity index is 1.72. The lowest BCUT2D eigenvalue weighted by Crippen LogP contribution is -2.44. The second-order valence-electron chi connectivity index (χ2n) is 13.3. The molecule has 6 N–H and O–H groups in total. The highest BCUT2D eigenvalue weighted by Crippen LogP contribution is 2.24. The number of hydrogen-bond acceptors (Lipinski definition) is 6. The van der Waals surface area contributed by atoms with Crippen LogP contribution >= 0.6 is 0 Å². The maximum Gasteiger partial charge on any atom is 0.273 e. The van der Waals surface area contributed by atoms with Crippen molar-refractivity contribution in [2.24, 2.45) is 5.92 Å². The van der Waals surface area contributed by atoms with Crippen molar-refractivity contribution in [2.45, 2.75) is 149 Å². The van der Waals surface area contributed by atoms with E-state index < -0.39 is 11.8 Å². The van der Waals surface area contributed by atoms with E-state index in [1.165, 1.54) is 25.0 Å². The molecule has 2 aromatic rings. The van der Waals surface area contributed by atoms with Crippen LogP contribution in [0.15, 0.2) is 36.4 Å². The standard InChI is InChI=1S/C40H62N4O6/c1-4-7-9-11-15-22-30-25-19-27-33(45)36(30)39(49)43-41-35(47)29-18-14-13-17-24-32(21-6-3)38(48)42-44-40(50)37-31(26-20-28-34(37)46)23-16-12-10-8-5-2/h19-20,25-28,32,45-46H,4-18,21-24,29H2,1-3H3,(H,41,47)(H,42,48)(H,43,49)(H,44,50). The van der Waals surface area contributed by atoms with Crippen LogP contribution in [0.25, 0.3) is 0 Å². The van der Waals surface area contributed by atoms with Crippen molar-refractivity contribution in [3.05, 3.63) is 58.7 Å². The molecule has 0 spiro atoms. The SMILES string of the molecule is CCCCCCCc1cccc(O)c1C(=O)NNC(=O)CCCCCCC(CCC)C(=O)NNC(=O)c1c(O)cccc1CCCCCCC. The van der Waals surface area contributed by atoms with E-state index in [0.29, 0.717) is 32.1 Å². The van der Waals surface area contributed by atoms with Gasteiger partial charge in [-0.25, -0.2) is 0 Å². The van der Waals surface area contributed by atoms with Crippen molar-refractivity contribution in [2.75, 3.05) is 0 Å². The summed E-state index contributed by atoms with van der Waals surface area (Å²) in [5.41, 5.74) is 11.9. The molecule has 1 atom stereocenters. The first-order valence-corrected chi connectivity index (χ1v) is 19.0. The zero-order valence-corrected chi connectivity index (χ0v) is 30.7. The van der Waals surface area contributed by atoms with Gasteiger partial charge in [-0.15, -0.1) is 0 Å². The van der Waals surface area contributed by atoms with Gasteiger partial charge in [-0.2, -0.15) is 0 Å². The molecule has 278 valence electrons. The molecule has 2 rings (SSSR count). The van der Waals surface area contributed by atoms with Crippen LogP contribution in [0.5, 0.6) is 11.5 Å². The molecule has 0 fully saturated rings. The smallest absolute Gasteiger partial charge is 0.273 e. The van der Waals surface area contributed by atoms with Gasteiger partial charge in [0.2, 0.25) is 11.8 Å². The highest BCUT2D eigenvalue weighted by molar-refractivity contribution is 6.00. The van der Waals surface area contributed by atoms with Gasteiger partial charge < -0.3 is 10.2 Å². The minimum Gasteiger partial charge on any atom is -0.507 e. The minimum atomic E-state index is -0.532. The van der Waals surface area contributed by atoms with Crippen LogP contribution in [0.3, 0.4) is 0 Å². The quantitative estimate of drug-likeness (QED) is 0.0482. The third kappa shape index (κ3) is 15.6. The maximum absolute atomic E-state index is 13.0. The highest BCUT2D eigenvalue weighted by atomic mass is 16.3. The molecule has 0 saturated carbocycles. The summed E-state index contributed by atoms with van der Waals surface area (Å²) < 4.78 is 0. The third-order valence-electron chi connectivity index (χ3n) is 9.14. The summed E-state index contributed by atoms with van der Waals surface area (Å²) in [7, 11) is 0. The van der Waals surface area contributed by atoms with Crippen molar-refractivity contribution < 1.29 is 29.4 Å². The van der Waals surface area contributed by atoms with E-state index >= 15 is 0 Å². The van der Waals surface area contributed by atoms with Gasteiger partial charge in [0.1, 0.15) is 11.5 Å². The molecule has 0 bridgehead atoms. The van der Waals surface area contributed by atoms with Crippen molar-refractivity contribution in [3.8, 4) is 11.5 Å². The number of carbonyl (C=O) groups is 4. The fourth-order valence-electron chi connectivity index (χ4n) is 6.27. The number of rotatable bonds is 24. The lowest BCUT2D eigenvalue weighted by atomic mass is 9.95. The first kappa shape index (κ1) is 42.1. The van der Waals surface area contributed by atoms with E-state index in [0.717, 1.165) is 88.2 Å². The second-order valence-corrected chi connectivity index (χ2v) is 13.3. The monoisotopic (exact) mass is 694 g/mol. The molecule has 50 heavy (non-hydrogen) atoms. The molecule has 10 nitrogen and oxygen atoms in total. The van der Waals surface area contributed by atoms with Gasteiger partial charge in [-0.3, -0.25) is 40.9 Å². The Labute approximate surface area is 299 Å². The van der Waals surface area contributed by atoms with Crippen LogP contribution in [-0.2, 0) is 22.4 Å². The molecular weight excluding hydrogens is 632 g/mol. The summed E-state index contributed by atoms with van der Waals surface area (Å²) >= 11 is 0. The largest absolute Gasteiger partial charge is 0.507 e. The predicted molar refractivity (Wildman–Crippen MR) is 198 cm³/mol. The number of amides is 4. The Morgan fingerprint density at radius 1 is 0.540 bits per heavy atom. The van der Waals surface area contributed by atoms with Gasteiger partial charge in [0.15, 0.2) is 0 Å². The topological polar surface area (TPSA) is 157 Å². The average molecular weight is 695 g/mol. The van der Waals surface area contributed by atoms with E-state index in [9.17, 15) is 29.4 Å². The van der Waals surface area contributed by atoms with E-state index in [2.05, 4.69) is 35.6 Å². The lowest BCUT2D eigenvalue weighted by Gasteiger charge is -2.17. The van der Waals surface area contributed by atoms with E-state index in [1.54, 1.807) is 12.1 Å². The minimum absolute atomic E-state index is 0.0999. The maximum atomic E-state index is 13.0. The molecule has 0 aromatic heterocycles. The number of hydrogen-bond donors (Lipinski definition) is 6. The third-order valence-corrected chi connectivity index (χ3v) is 9.14. The molecule has 0 saturated heterocycles. The highest BCUT2D eigenvalue weighted by Gasteiger charge is 2.21. The Bertz CT molecular complexity index is 1330. The molecule has 0 radical (unpaired) electrons. The van der Waals surface area contributed by atoms with E-state index in [-0.39, 0.29) is 46.8 Å². The Morgan fingerprint density at radius 2 is 1.02 bits per heavy atom. The molecule has 0 heterocycles. The number of nitrogens with one attached hydrogen (secondary N) is 4. The van der Waals surface area contributed by atoms with Gasteiger partial charge in [0.05, 0.1) is 11.1 Å². The molecule has 4 amide bonds. The number of aromatic hydroxyl groups is 2. The Kier molecular flexibility index (Phi) is 21.0. The van der Waals surface area contributed by atoms with E-state index in [1.807, 2.05) is 19.1 Å². The van der Waals surface area contributed by atoms with E-state index in [4.69, 9.17) is 0 Å². The number of phenolic OH excluding ortho intramolecular Hbond substituents is 2. The van der Waals surface area contributed by atoms with Crippen molar-refractivity contribution in [1.82, 2.24) is 21.7 Å². The van der Waals surface area contributed by atoms with Gasteiger partial charge in [-0.05, 0) is 68.2 Å². The summed E-state index contributed by atoms with van der Waals surface area (Å²) in [4.78, 5) is 51.2. The van der Waals surface area contributed by atoms with Gasteiger partial charge in [-0.1, -0.05) is 122 Å². The second kappa shape index (κ2) is 25.0. The average Bonchev–Trinajstić information content (AvgIpc) is 3.10. The number of carbonyl (C=O) groups excluding carboxylic acids is 4. The number of benzene rings is 2. The summed E-state index contributed by atoms with van der Waals surface area (Å²) in [6.07, 6.45) is 17.7. The van der Waals surface area contributed by atoms with Crippen molar-refractivity contribution in [3.63, 3.8) is 0 Å². The van der Waals surface area contributed by atoms with Gasteiger partial charge in [0.25, 0.3) is 11.8 Å². The van der Waals surface area contributed by atoms with Gasteiger partial charge >= 0.3 is 0 Å². The molecule has 0 aliphatic heterocycles. The molecule has 0 aliphatic carbocycles. The molecule has 10 heteroatoms. The number of hydrazine groups is 2. The Hall–Kier alpha value is -4.08. The lowest BCUT2D eigenvalue weighted by molar-refractivity contribution is -0.126. The fourth-order valence-corrected chi connectivity index (χ4v) is 6.27. The predicted octanol–water partition coefficient (Wildman–Crippen LogP) is 8.10. The summed E-state index contributed by atoms with van der Waals surface area (Å²) in [5, 5.41) is 20.8. The first-order valence-electron chi connectivity index (χ1n) is 19.0. The Morgan fingerprint density at radius 3 is 1.54 bits per heavy atom. The first-order chi connectivity index (χ1) is 24.2. The molecule has 2 aromatic carbocycles. The zero-order valence-electron chi connectivity index (χ0n) is 30.7. The number of unbranched alkanes of at least 4 members (excludes halogenated alkanes) is 11. The van der Waals surface area contributed by atoms with Crippen LogP contribution in [0.2, 0.25) is 0 Å². The molecular formula is C40H62N4O6. The van der Waals surface area contributed by atoms with Crippen LogP contribution in [0.1, 0.15) is 168 Å².